The van der Waals surface area contributed by atoms with E-state index in [9.17, 15) is 4.79 Å². The van der Waals surface area contributed by atoms with E-state index in [4.69, 9.17) is 0 Å². The molecule has 0 aliphatic rings. The zero-order valence-corrected chi connectivity index (χ0v) is 13.2. The van der Waals surface area contributed by atoms with Crippen molar-refractivity contribution < 1.29 is 4.79 Å². The van der Waals surface area contributed by atoms with Gasteiger partial charge in [0.2, 0.25) is 0 Å². The van der Waals surface area contributed by atoms with Crippen molar-refractivity contribution >= 4 is 11.7 Å². The number of anilines is 1. The van der Waals surface area contributed by atoms with Crippen molar-refractivity contribution in [3.63, 3.8) is 0 Å². The number of para-hydroxylation sites is 1. The Labute approximate surface area is 134 Å². The van der Waals surface area contributed by atoms with Gasteiger partial charge < -0.3 is 5.32 Å². The van der Waals surface area contributed by atoms with E-state index in [2.05, 4.69) is 22.4 Å². The number of nitrogens with zero attached hydrogens (tertiary/aromatic N) is 4. The van der Waals surface area contributed by atoms with Crippen molar-refractivity contribution in [2.24, 2.45) is 7.05 Å². The van der Waals surface area contributed by atoms with Gasteiger partial charge in [-0.3, -0.25) is 9.48 Å². The lowest BCUT2D eigenvalue weighted by atomic mass is 10.1. The van der Waals surface area contributed by atoms with Crippen LogP contribution in [0, 0.1) is 0 Å². The first-order valence-corrected chi connectivity index (χ1v) is 7.62. The predicted octanol–water partition coefficient (Wildman–Crippen LogP) is 2.81. The second-order valence-corrected chi connectivity index (χ2v) is 5.30. The summed E-state index contributed by atoms with van der Waals surface area (Å²) < 4.78 is 3.46. The number of aryl methyl sites for hydroxylation is 1. The number of benzene rings is 1. The van der Waals surface area contributed by atoms with E-state index in [1.165, 1.54) is 0 Å². The number of amides is 1. The Balaban J connectivity index is 1.95. The van der Waals surface area contributed by atoms with Gasteiger partial charge in [0, 0.05) is 13.1 Å². The van der Waals surface area contributed by atoms with E-state index < -0.39 is 0 Å². The van der Waals surface area contributed by atoms with Gasteiger partial charge in [-0.05, 0) is 18.6 Å². The number of carbonyl (C=O) groups excluding carboxylic acids is 1. The zero-order valence-electron chi connectivity index (χ0n) is 13.2. The van der Waals surface area contributed by atoms with Crippen LogP contribution in [-0.4, -0.2) is 25.5 Å². The lowest BCUT2D eigenvalue weighted by molar-refractivity contribution is 0.102. The van der Waals surface area contributed by atoms with E-state index >= 15 is 0 Å². The second-order valence-electron chi connectivity index (χ2n) is 5.30. The standard InChI is InChI=1S/C17H19N5O/c1-3-7-15-14(17(23)20-16-10-11-18-21(16)2)12-19-22(15)13-8-5-4-6-9-13/h4-6,8-12H,3,7H2,1-2H3,(H,20,23). The van der Waals surface area contributed by atoms with Crippen LogP contribution in [0.1, 0.15) is 29.4 Å². The molecule has 0 radical (unpaired) electrons. The molecule has 0 spiro atoms. The summed E-state index contributed by atoms with van der Waals surface area (Å²) in [5, 5.41) is 11.3. The summed E-state index contributed by atoms with van der Waals surface area (Å²) in [6.45, 7) is 2.09. The van der Waals surface area contributed by atoms with Crippen LogP contribution >= 0.6 is 0 Å². The molecule has 2 aromatic heterocycles. The van der Waals surface area contributed by atoms with Crippen LogP contribution in [0.3, 0.4) is 0 Å². The average molecular weight is 309 g/mol. The van der Waals surface area contributed by atoms with Crippen LogP contribution < -0.4 is 5.32 Å². The van der Waals surface area contributed by atoms with E-state index in [1.54, 1.807) is 30.2 Å². The second kappa shape index (κ2) is 6.48. The van der Waals surface area contributed by atoms with Crippen molar-refractivity contribution in [2.75, 3.05) is 5.32 Å². The maximum absolute atomic E-state index is 12.6. The number of carbonyl (C=O) groups is 1. The Bertz CT molecular complexity index is 804. The van der Waals surface area contributed by atoms with Crippen LogP contribution in [0.4, 0.5) is 5.82 Å². The molecule has 0 unspecified atom stereocenters. The molecule has 0 aliphatic heterocycles. The first-order valence-electron chi connectivity index (χ1n) is 7.62. The number of nitrogens with one attached hydrogen (secondary N) is 1. The monoisotopic (exact) mass is 309 g/mol. The van der Waals surface area contributed by atoms with Crippen molar-refractivity contribution in [2.45, 2.75) is 19.8 Å². The molecule has 6 nitrogen and oxygen atoms in total. The Hall–Kier alpha value is -2.89. The fourth-order valence-electron chi connectivity index (χ4n) is 2.51. The van der Waals surface area contributed by atoms with Crippen LogP contribution in [0.2, 0.25) is 0 Å². The van der Waals surface area contributed by atoms with Crippen molar-refractivity contribution in [1.29, 1.82) is 0 Å². The van der Waals surface area contributed by atoms with Gasteiger partial charge in [0.15, 0.2) is 0 Å². The molecule has 2 heterocycles. The molecule has 0 atom stereocenters. The molecule has 23 heavy (non-hydrogen) atoms. The zero-order chi connectivity index (χ0) is 16.2. The van der Waals surface area contributed by atoms with E-state index in [0.29, 0.717) is 11.4 Å². The summed E-state index contributed by atoms with van der Waals surface area (Å²) in [6, 6.07) is 11.6. The average Bonchev–Trinajstić information content (AvgIpc) is 3.16. The third-order valence-corrected chi connectivity index (χ3v) is 3.66. The van der Waals surface area contributed by atoms with E-state index in [-0.39, 0.29) is 5.91 Å². The van der Waals surface area contributed by atoms with E-state index in [0.717, 1.165) is 24.2 Å². The fraction of sp³-hybridized carbons (Fsp3) is 0.235. The van der Waals surface area contributed by atoms with Crippen LogP contribution in [0.15, 0.2) is 48.8 Å². The van der Waals surface area contributed by atoms with Gasteiger partial charge in [0.25, 0.3) is 5.91 Å². The molecule has 1 amide bonds. The number of hydrogen-bond donors (Lipinski definition) is 1. The lowest BCUT2D eigenvalue weighted by Crippen LogP contribution is -2.16. The Morgan fingerprint density at radius 3 is 2.61 bits per heavy atom. The van der Waals surface area contributed by atoms with Crippen molar-refractivity contribution in [1.82, 2.24) is 19.6 Å². The summed E-state index contributed by atoms with van der Waals surface area (Å²) in [6.07, 6.45) is 4.99. The molecule has 118 valence electrons. The maximum atomic E-state index is 12.6. The number of rotatable bonds is 5. The molecular formula is C17H19N5O. The SMILES string of the molecule is CCCc1c(C(=O)Nc2ccnn2C)cnn1-c1ccccc1. The molecule has 1 N–H and O–H groups in total. The third-order valence-electron chi connectivity index (χ3n) is 3.66. The Morgan fingerprint density at radius 2 is 1.96 bits per heavy atom. The van der Waals surface area contributed by atoms with Gasteiger partial charge >= 0.3 is 0 Å². The minimum atomic E-state index is -0.167. The largest absolute Gasteiger partial charge is 0.307 e. The third kappa shape index (κ3) is 3.01. The summed E-state index contributed by atoms with van der Waals surface area (Å²) in [5.41, 5.74) is 2.46. The molecular weight excluding hydrogens is 290 g/mol. The molecule has 0 saturated carbocycles. The molecule has 1 aromatic carbocycles. The molecule has 0 saturated heterocycles. The maximum Gasteiger partial charge on any atom is 0.260 e. The molecule has 0 fully saturated rings. The van der Waals surface area contributed by atoms with Gasteiger partial charge in [0.1, 0.15) is 5.82 Å². The molecule has 0 bridgehead atoms. The number of aromatic nitrogens is 4. The summed E-state index contributed by atoms with van der Waals surface area (Å²) in [7, 11) is 1.79. The highest BCUT2D eigenvalue weighted by atomic mass is 16.1. The summed E-state index contributed by atoms with van der Waals surface area (Å²) >= 11 is 0. The van der Waals surface area contributed by atoms with Gasteiger partial charge in [-0.15, -0.1) is 0 Å². The number of hydrogen-bond acceptors (Lipinski definition) is 3. The minimum absolute atomic E-state index is 0.167. The Kier molecular flexibility index (Phi) is 4.23. The molecule has 6 heteroatoms. The topological polar surface area (TPSA) is 64.7 Å². The fourth-order valence-corrected chi connectivity index (χ4v) is 2.51. The first-order chi connectivity index (χ1) is 11.2. The van der Waals surface area contributed by atoms with Crippen LogP contribution in [-0.2, 0) is 13.5 Å². The summed E-state index contributed by atoms with van der Waals surface area (Å²) in [5.74, 6) is 0.490. The van der Waals surface area contributed by atoms with Crippen LogP contribution in [0.25, 0.3) is 5.69 Å². The van der Waals surface area contributed by atoms with Gasteiger partial charge in [0.05, 0.1) is 29.3 Å². The van der Waals surface area contributed by atoms with Crippen molar-refractivity contribution in [3.05, 3.63) is 60.0 Å². The minimum Gasteiger partial charge on any atom is -0.307 e. The van der Waals surface area contributed by atoms with Gasteiger partial charge in [-0.2, -0.15) is 10.2 Å². The van der Waals surface area contributed by atoms with Crippen LogP contribution in [0.5, 0.6) is 0 Å². The van der Waals surface area contributed by atoms with E-state index in [1.807, 2.05) is 35.0 Å². The highest BCUT2D eigenvalue weighted by Gasteiger charge is 2.18. The summed E-state index contributed by atoms with van der Waals surface area (Å²) in [4.78, 5) is 12.6. The molecule has 3 aromatic rings. The smallest absolute Gasteiger partial charge is 0.260 e. The van der Waals surface area contributed by atoms with Crippen molar-refractivity contribution in [3.8, 4) is 5.69 Å². The predicted molar refractivity (Wildman–Crippen MR) is 88.7 cm³/mol. The quantitative estimate of drug-likeness (QED) is 0.788. The normalized spacial score (nSPS) is 10.7. The highest BCUT2D eigenvalue weighted by molar-refractivity contribution is 6.04. The first kappa shape index (κ1) is 15.0. The highest BCUT2D eigenvalue weighted by Crippen LogP contribution is 2.18. The molecule has 3 rings (SSSR count). The molecule has 0 aliphatic carbocycles. The van der Waals surface area contributed by atoms with Gasteiger partial charge in [-0.25, -0.2) is 4.68 Å². The Morgan fingerprint density at radius 1 is 1.17 bits per heavy atom. The van der Waals surface area contributed by atoms with Gasteiger partial charge in [-0.1, -0.05) is 31.5 Å². The lowest BCUT2D eigenvalue weighted by Gasteiger charge is -2.09.